The predicted octanol–water partition coefficient (Wildman–Crippen LogP) is 5.22. The molecule has 1 amide bonds. The van der Waals surface area contributed by atoms with Crippen LogP contribution in [0.2, 0.25) is 5.02 Å². The van der Waals surface area contributed by atoms with Gasteiger partial charge in [-0.1, -0.05) is 48.0 Å². The number of carbonyl (C=O) groups excluding carboxylic acids is 1. The highest BCUT2D eigenvalue weighted by atomic mass is 35.5. The number of carbonyl (C=O) groups is 1. The van der Waals surface area contributed by atoms with E-state index < -0.39 is 0 Å². The van der Waals surface area contributed by atoms with Crippen LogP contribution in [0.15, 0.2) is 71.3 Å². The van der Waals surface area contributed by atoms with E-state index in [0.29, 0.717) is 29.4 Å². The van der Waals surface area contributed by atoms with E-state index >= 15 is 0 Å². The SMILES string of the molecule is Cc1ccccc1Cn1c(C(=O)NCCc2cccc(Cl)c2)cc2occc21. The van der Waals surface area contributed by atoms with Crippen molar-refractivity contribution >= 4 is 28.6 Å². The predicted molar refractivity (Wildman–Crippen MR) is 112 cm³/mol. The minimum Gasteiger partial charge on any atom is -0.463 e. The molecule has 0 spiro atoms. The van der Waals surface area contributed by atoms with E-state index in [1.807, 2.05) is 53.1 Å². The number of aryl methyl sites for hydroxylation is 1. The highest BCUT2D eigenvalue weighted by Crippen LogP contribution is 2.23. The molecule has 0 fully saturated rings. The Bertz CT molecular complexity index is 1130. The molecule has 2 heterocycles. The molecule has 0 aliphatic carbocycles. The summed E-state index contributed by atoms with van der Waals surface area (Å²) in [5.41, 5.74) is 5.70. The Kier molecular flexibility index (Phi) is 5.22. The number of fused-ring (bicyclic) bond motifs is 1. The van der Waals surface area contributed by atoms with Crippen LogP contribution in [0.4, 0.5) is 0 Å². The van der Waals surface area contributed by atoms with Crippen LogP contribution in [-0.4, -0.2) is 17.0 Å². The second-order valence-corrected chi connectivity index (χ2v) is 7.28. The van der Waals surface area contributed by atoms with Crippen molar-refractivity contribution in [2.75, 3.05) is 6.54 Å². The van der Waals surface area contributed by atoms with Crippen molar-refractivity contribution < 1.29 is 9.21 Å². The van der Waals surface area contributed by atoms with Crippen LogP contribution in [0, 0.1) is 6.92 Å². The molecule has 142 valence electrons. The van der Waals surface area contributed by atoms with Crippen LogP contribution < -0.4 is 5.32 Å². The Morgan fingerprint density at radius 2 is 1.96 bits per heavy atom. The molecule has 0 aliphatic heterocycles. The number of nitrogens with zero attached hydrogens (tertiary/aromatic N) is 1. The molecule has 0 radical (unpaired) electrons. The minimum atomic E-state index is -0.109. The van der Waals surface area contributed by atoms with Crippen LogP contribution in [0.5, 0.6) is 0 Å². The van der Waals surface area contributed by atoms with Crippen LogP contribution in [0.1, 0.15) is 27.2 Å². The molecule has 0 saturated heterocycles. The van der Waals surface area contributed by atoms with Crippen molar-refractivity contribution in [3.63, 3.8) is 0 Å². The molecular weight excluding hydrogens is 372 g/mol. The van der Waals surface area contributed by atoms with E-state index in [-0.39, 0.29) is 5.91 Å². The molecule has 2 aromatic carbocycles. The van der Waals surface area contributed by atoms with Gasteiger partial charge >= 0.3 is 0 Å². The first kappa shape index (κ1) is 18.4. The summed E-state index contributed by atoms with van der Waals surface area (Å²) in [6, 6.07) is 19.6. The number of hydrogen-bond donors (Lipinski definition) is 1. The Hall–Kier alpha value is -2.98. The normalized spacial score (nSPS) is 11.1. The smallest absolute Gasteiger partial charge is 0.268 e. The average Bonchev–Trinajstić information content (AvgIpc) is 3.26. The lowest BCUT2D eigenvalue weighted by molar-refractivity contribution is 0.0945. The van der Waals surface area contributed by atoms with Crippen molar-refractivity contribution in [2.24, 2.45) is 0 Å². The fourth-order valence-corrected chi connectivity index (χ4v) is 3.61. The molecule has 1 N–H and O–H groups in total. The van der Waals surface area contributed by atoms with Gasteiger partial charge in [-0.2, -0.15) is 0 Å². The molecule has 28 heavy (non-hydrogen) atoms. The second-order valence-electron chi connectivity index (χ2n) is 6.85. The molecule has 0 atom stereocenters. The van der Waals surface area contributed by atoms with Crippen LogP contribution in [0.25, 0.3) is 11.1 Å². The van der Waals surface area contributed by atoms with E-state index in [1.54, 1.807) is 6.26 Å². The number of hydrogen-bond acceptors (Lipinski definition) is 2. The molecular formula is C23H21ClN2O2. The van der Waals surface area contributed by atoms with Crippen molar-refractivity contribution in [2.45, 2.75) is 19.9 Å². The Morgan fingerprint density at radius 1 is 1.11 bits per heavy atom. The number of halogens is 1. The first-order valence-electron chi connectivity index (χ1n) is 9.26. The van der Waals surface area contributed by atoms with E-state index in [1.165, 1.54) is 11.1 Å². The summed E-state index contributed by atoms with van der Waals surface area (Å²) in [6.45, 7) is 3.24. The lowest BCUT2D eigenvalue weighted by atomic mass is 10.1. The Labute approximate surface area is 168 Å². The number of amides is 1. The zero-order chi connectivity index (χ0) is 19.5. The summed E-state index contributed by atoms with van der Waals surface area (Å²) in [5, 5.41) is 3.72. The van der Waals surface area contributed by atoms with Gasteiger partial charge in [-0.05, 0) is 42.2 Å². The van der Waals surface area contributed by atoms with Gasteiger partial charge in [0.25, 0.3) is 5.91 Å². The van der Waals surface area contributed by atoms with E-state index in [4.69, 9.17) is 16.0 Å². The molecule has 4 nitrogen and oxygen atoms in total. The molecule has 0 aliphatic rings. The topological polar surface area (TPSA) is 47.2 Å². The maximum absolute atomic E-state index is 12.9. The van der Waals surface area contributed by atoms with E-state index in [9.17, 15) is 4.79 Å². The quantitative estimate of drug-likeness (QED) is 0.489. The van der Waals surface area contributed by atoms with Gasteiger partial charge in [-0.3, -0.25) is 4.79 Å². The van der Waals surface area contributed by atoms with Crippen molar-refractivity contribution in [3.05, 3.63) is 94.3 Å². The van der Waals surface area contributed by atoms with Crippen LogP contribution in [-0.2, 0) is 13.0 Å². The summed E-state index contributed by atoms with van der Waals surface area (Å²) < 4.78 is 7.54. The maximum atomic E-state index is 12.9. The molecule has 0 saturated carbocycles. The van der Waals surface area contributed by atoms with Crippen molar-refractivity contribution in [1.82, 2.24) is 9.88 Å². The zero-order valence-corrected chi connectivity index (χ0v) is 16.4. The average molecular weight is 393 g/mol. The number of aromatic nitrogens is 1. The zero-order valence-electron chi connectivity index (χ0n) is 15.6. The summed E-state index contributed by atoms with van der Waals surface area (Å²) in [5.74, 6) is -0.109. The molecule has 4 aromatic rings. The summed E-state index contributed by atoms with van der Waals surface area (Å²) in [7, 11) is 0. The molecule has 5 heteroatoms. The standard InChI is InChI=1S/C23H21ClN2O2/c1-16-5-2-3-7-18(16)15-26-20-10-12-28-22(20)14-21(26)23(27)25-11-9-17-6-4-8-19(24)13-17/h2-8,10,12-14H,9,11,15H2,1H3,(H,25,27). The van der Waals surface area contributed by atoms with Crippen LogP contribution in [0.3, 0.4) is 0 Å². The van der Waals surface area contributed by atoms with Gasteiger partial charge < -0.3 is 14.3 Å². The summed E-state index contributed by atoms with van der Waals surface area (Å²) in [4.78, 5) is 12.9. The fraction of sp³-hybridized carbons (Fsp3) is 0.174. The lowest BCUT2D eigenvalue weighted by Gasteiger charge is -2.12. The summed E-state index contributed by atoms with van der Waals surface area (Å²) >= 11 is 6.02. The first-order chi connectivity index (χ1) is 13.6. The number of benzene rings is 2. The van der Waals surface area contributed by atoms with Gasteiger partial charge in [0, 0.05) is 30.2 Å². The molecule has 0 bridgehead atoms. The van der Waals surface area contributed by atoms with Gasteiger partial charge in [0.1, 0.15) is 5.69 Å². The third-order valence-electron chi connectivity index (χ3n) is 4.93. The monoisotopic (exact) mass is 392 g/mol. The van der Waals surface area contributed by atoms with Crippen molar-refractivity contribution in [1.29, 1.82) is 0 Å². The van der Waals surface area contributed by atoms with Gasteiger partial charge in [0.15, 0.2) is 5.58 Å². The van der Waals surface area contributed by atoms with Gasteiger partial charge in [-0.25, -0.2) is 0 Å². The fourth-order valence-electron chi connectivity index (χ4n) is 3.40. The highest BCUT2D eigenvalue weighted by Gasteiger charge is 2.18. The minimum absolute atomic E-state index is 0.109. The third kappa shape index (κ3) is 3.82. The van der Waals surface area contributed by atoms with Gasteiger partial charge in [0.2, 0.25) is 0 Å². The lowest BCUT2D eigenvalue weighted by Crippen LogP contribution is -2.28. The Balaban J connectivity index is 1.53. The molecule has 0 unspecified atom stereocenters. The Morgan fingerprint density at radius 3 is 2.79 bits per heavy atom. The molecule has 2 aromatic heterocycles. The van der Waals surface area contributed by atoms with Gasteiger partial charge in [-0.15, -0.1) is 0 Å². The largest absolute Gasteiger partial charge is 0.463 e. The van der Waals surface area contributed by atoms with Crippen molar-refractivity contribution in [3.8, 4) is 0 Å². The van der Waals surface area contributed by atoms with E-state index in [2.05, 4.69) is 24.4 Å². The maximum Gasteiger partial charge on any atom is 0.268 e. The first-order valence-corrected chi connectivity index (χ1v) is 9.63. The number of furan rings is 1. The van der Waals surface area contributed by atoms with Crippen LogP contribution >= 0.6 is 11.6 Å². The second kappa shape index (κ2) is 7.95. The highest BCUT2D eigenvalue weighted by molar-refractivity contribution is 6.30. The van der Waals surface area contributed by atoms with Gasteiger partial charge in [0.05, 0.1) is 11.8 Å². The van der Waals surface area contributed by atoms with E-state index in [0.717, 1.165) is 17.5 Å². The summed E-state index contributed by atoms with van der Waals surface area (Å²) in [6.07, 6.45) is 2.38. The number of nitrogens with one attached hydrogen (secondary N) is 1. The number of rotatable bonds is 6. The molecule has 4 rings (SSSR count). The third-order valence-corrected chi connectivity index (χ3v) is 5.17.